The second-order valence-electron chi connectivity index (χ2n) is 12.3. The number of hydrogen-bond acceptors (Lipinski definition) is 5. The lowest BCUT2D eigenvalue weighted by atomic mass is 9.48. The molecule has 0 heterocycles. The third kappa shape index (κ3) is 3.59. The van der Waals surface area contributed by atoms with Gasteiger partial charge >= 0.3 is 0 Å². The minimum absolute atomic E-state index is 0.0500. The predicted octanol–water partition coefficient (Wildman–Crippen LogP) is 4.33. The highest BCUT2D eigenvalue weighted by atomic mass is 19.1. The highest BCUT2D eigenvalue weighted by Gasteiger charge is 2.70. The predicted molar refractivity (Wildman–Crippen MR) is 124 cm³/mol. The molecule has 0 aromatic carbocycles. The molecule has 0 unspecified atom stereocenters. The van der Waals surface area contributed by atoms with Crippen molar-refractivity contribution in [1.82, 2.24) is 0 Å². The molecule has 4 aliphatic carbocycles. The Kier molecular flexibility index (Phi) is 5.85. The lowest BCUT2D eigenvalue weighted by molar-refractivity contribution is -0.411. The number of carbonyl (C=O) groups is 1. The number of ketones is 1. The van der Waals surface area contributed by atoms with Gasteiger partial charge in [-0.2, -0.15) is 0 Å². The summed E-state index contributed by atoms with van der Waals surface area (Å²) < 4.78 is 13.9. The van der Waals surface area contributed by atoms with E-state index >= 15 is 0 Å². The second-order valence-corrected chi connectivity index (χ2v) is 12.3. The number of aliphatic hydroxyl groups is 4. The van der Waals surface area contributed by atoms with E-state index in [2.05, 4.69) is 19.9 Å². The largest absolute Gasteiger partial charge is 0.361 e. The van der Waals surface area contributed by atoms with Gasteiger partial charge in [0.25, 0.3) is 0 Å². The molecule has 0 bridgehead atoms. The molecule has 0 radical (unpaired) electrons. The van der Waals surface area contributed by atoms with Gasteiger partial charge in [-0.3, -0.25) is 4.79 Å². The highest BCUT2D eigenvalue weighted by Crippen LogP contribution is 2.66. The van der Waals surface area contributed by atoms with E-state index in [1.165, 1.54) is 0 Å². The fourth-order valence-corrected chi connectivity index (χ4v) is 7.77. The van der Waals surface area contributed by atoms with Crippen molar-refractivity contribution in [3.8, 4) is 0 Å². The van der Waals surface area contributed by atoms with Crippen molar-refractivity contribution >= 4 is 5.78 Å². The molecule has 0 aromatic rings. The lowest BCUT2D eigenvalue weighted by Gasteiger charge is -2.59. The molecular weight excluding hydrogens is 423 g/mol. The van der Waals surface area contributed by atoms with Crippen molar-refractivity contribution in [3.63, 3.8) is 0 Å². The number of halogens is 1. The Morgan fingerprint density at radius 3 is 2.48 bits per heavy atom. The maximum atomic E-state index is 13.9. The maximum absolute atomic E-state index is 13.9. The van der Waals surface area contributed by atoms with Crippen molar-refractivity contribution in [2.75, 3.05) is 0 Å². The summed E-state index contributed by atoms with van der Waals surface area (Å²) in [5.41, 5.74) is 0.111. The van der Waals surface area contributed by atoms with Crippen molar-refractivity contribution in [1.29, 1.82) is 0 Å². The van der Waals surface area contributed by atoms with Crippen molar-refractivity contribution in [2.45, 2.75) is 110 Å². The van der Waals surface area contributed by atoms with Gasteiger partial charge in [0.2, 0.25) is 11.6 Å². The first-order chi connectivity index (χ1) is 15.1. The molecule has 0 saturated heterocycles. The Morgan fingerprint density at radius 1 is 1.18 bits per heavy atom. The van der Waals surface area contributed by atoms with Gasteiger partial charge < -0.3 is 20.4 Å². The van der Waals surface area contributed by atoms with Crippen molar-refractivity contribution in [2.24, 2.45) is 28.6 Å². The quantitative estimate of drug-likeness (QED) is 0.454. The fourth-order valence-electron chi connectivity index (χ4n) is 7.77. The van der Waals surface area contributed by atoms with Gasteiger partial charge in [-0.05, 0) is 81.3 Å². The number of carbonyl (C=O) groups excluding carboxylic acids is 1. The first-order valence-electron chi connectivity index (χ1n) is 12.6. The zero-order valence-corrected chi connectivity index (χ0v) is 20.7. The lowest BCUT2D eigenvalue weighted by Crippen LogP contribution is -2.71. The van der Waals surface area contributed by atoms with Crippen LogP contribution in [0.2, 0.25) is 0 Å². The molecule has 5 atom stereocenters. The molecule has 6 heteroatoms. The van der Waals surface area contributed by atoms with Gasteiger partial charge in [0.1, 0.15) is 11.5 Å². The summed E-state index contributed by atoms with van der Waals surface area (Å²) in [5.74, 6) is -5.37. The van der Waals surface area contributed by atoms with Crippen LogP contribution in [-0.2, 0) is 4.79 Å². The number of allylic oxidation sites excluding steroid dienone is 3. The third-order valence-electron chi connectivity index (χ3n) is 9.84. The number of rotatable bonds is 5. The van der Waals surface area contributed by atoms with Crippen LogP contribution in [-0.4, -0.2) is 43.5 Å². The molecule has 0 amide bonds. The second kappa shape index (κ2) is 7.71. The summed E-state index contributed by atoms with van der Waals surface area (Å²) in [4.78, 5) is 13.2. The van der Waals surface area contributed by atoms with Crippen LogP contribution in [0.15, 0.2) is 22.8 Å². The minimum Gasteiger partial charge on any atom is -0.361 e. The van der Waals surface area contributed by atoms with E-state index in [0.29, 0.717) is 24.7 Å². The molecule has 33 heavy (non-hydrogen) atoms. The summed E-state index contributed by atoms with van der Waals surface area (Å²) in [6, 6.07) is 0. The van der Waals surface area contributed by atoms with Crippen LogP contribution in [0.3, 0.4) is 0 Å². The highest BCUT2D eigenvalue weighted by molar-refractivity contribution is 5.88. The van der Waals surface area contributed by atoms with Crippen LogP contribution in [0, 0.1) is 28.6 Å². The molecular formula is C27H41FO5. The van der Waals surface area contributed by atoms with E-state index in [1.54, 1.807) is 20.8 Å². The number of Topliss-reactive ketones (excluding diaryl/α,β-unsaturated/α-hetero) is 1. The van der Waals surface area contributed by atoms with E-state index in [1.807, 2.05) is 0 Å². The number of fused-ring (bicyclic) bond motifs is 4. The van der Waals surface area contributed by atoms with Gasteiger partial charge in [-0.1, -0.05) is 38.3 Å². The van der Waals surface area contributed by atoms with Gasteiger partial charge in [0, 0.05) is 18.8 Å². The number of hydrogen-bond donors (Lipinski definition) is 4. The average Bonchev–Trinajstić information content (AvgIpc) is 3.03. The molecule has 4 rings (SSSR count). The summed E-state index contributed by atoms with van der Waals surface area (Å²) >= 11 is 0. The standard InChI is InChI=1S/C27H41FO5/c1-16(7-6-12-23(2,3)28)18-8-9-19-17-15-22(29)21-11-14-26(30,31)27(32,33)25(21,5)20(17)10-13-24(18,19)4/h9,16,18,21,30-33H,6-8,10-15H2,1-5H3/t16-,18-,21+,24-,25-/m1/s1. The zero-order chi connectivity index (χ0) is 24.6. The van der Waals surface area contributed by atoms with Crippen molar-refractivity contribution in [3.05, 3.63) is 22.8 Å². The normalized spacial score (nSPS) is 38.4. The van der Waals surface area contributed by atoms with Gasteiger partial charge in [-0.25, -0.2) is 4.39 Å². The SMILES string of the molecule is C[C@H](CCCC(C)(C)F)[C@H]1CC=C2C3=C(CC[C@@]21C)[C@]1(C)[C@@H](CCC(O)(O)C1(O)O)C(=O)C3. The number of alkyl halides is 1. The molecule has 4 aliphatic rings. The third-order valence-corrected chi connectivity index (χ3v) is 9.84. The van der Waals surface area contributed by atoms with Gasteiger partial charge in [0.15, 0.2) is 0 Å². The average molecular weight is 465 g/mol. The summed E-state index contributed by atoms with van der Waals surface area (Å²) in [5, 5.41) is 43.0. The molecule has 0 aromatic heterocycles. The monoisotopic (exact) mass is 464 g/mol. The topological polar surface area (TPSA) is 98.0 Å². The van der Waals surface area contributed by atoms with Crippen LogP contribution < -0.4 is 0 Å². The molecule has 0 aliphatic heterocycles. The first kappa shape index (κ1) is 25.0. The summed E-state index contributed by atoms with van der Waals surface area (Å²) in [6.07, 6.45) is 7.12. The van der Waals surface area contributed by atoms with E-state index in [4.69, 9.17) is 0 Å². The molecule has 186 valence electrons. The Hall–Kier alpha value is -1.08. The zero-order valence-electron chi connectivity index (χ0n) is 20.7. The fraction of sp³-hybridized carbons (Fsp3) is 0.815. The summed E-state index contributed by atoms with van der Waals surface area (Å²) in [7, 11) is 0. The Labute approximate surface area is 196 Å². The smallest absolute Gasteiger partial charge is 0.228 e. The van der Waals surface area contributed by atoms with Gasteiger partial charge in [0.05, 0.1) is 5.41 Å². The van der Waals surface area contributed by atoms with Crippen LogP contribution in [0.4, 0.5) is 4.39 Å². The van der Waals surface area contributed by atoms with Crippen molar-refractivity contribution < 1.29 is 29.6 Å². The van der Waals surface area contributed by atoms with Crippen LogP contribution >= 0.6 is 0 Å². The minimum atomic E-state index is -2.81. The van der Waals surface area contributed by atoms with E-state index < -0.39 is 28.6 Å². The van der Waals surface area contributed by atoms with E-state index in [9.17, 15) is 29.6 Å². The Bertz CT molecular complexity index is 895. The molecule has 0 spiro atoms. The summed E-state index contributed by atoms with van der Waals surface area (Å²) in [6.45, 7) is 9.37. The van der Waals surface area contributed by atoms with Crippen LogP contribution in [0.5, 0.6) is 0 Å². The van der Waals surface area contributed by atoms with Crippen LogP contribution in [0.25, 0.3) is 0 Å². The Balaban J connectivity index is 1.66. The Morgan fingerprint density at radius 2 is 1.85 bits per heavy atom. The molecule has 5 nitrogen and oxygen atoms in total. The molecule has 1 fully saturated rings. The first-order valence-corrected chi connectivity index (χ1v) is 12.6. The van der Waals surface area contributed by atoms with E-state index in [-0.39, 0.29) is 30.5 Å². The molecule has 4 N–H and O–H groups in total. The maximum Gasteiger partial charge on any atom is 0.228 e. The van der Waals surface area contributed by atoms with E-state index in [0.717, 1.165) is 42.4 Å². The molecule has 1 saturated carbocycles. The van der Waals surface area contributed by atoms with Gasteiger partial charge in [-0.15, -0.1) is 0 Å². The van der Waals surface area contributed by atoms with Crippen LogP contribution in [0.1, 0.15) is 92.4 Å².